The number of piperazine rings is 2. The number of aliphatic hydroxyl groups is 2. The predicted molar refractivity (Wildman–Crippen MR) is 202 cm³/mol. The van der Waals surface area contributed by atoms with Gasteiger partial charge in [-0.2, -0.15) is 0 Å². The Morgan fingerprint density at radius 3 is 1.15 bits per heavy atom. The summed E-state index contributed by atoms with van der Waals surface area (Å²) in [6.07, 6.45) is 18.6. The average Bonchev–Trinajstić information content (AvgIpc) is 3.19. The van der Waals surface area contributed by atoms with Gasteiger partial charge in [-0.3, -0.25) is 19.2 Å². The maximum atomic E-state index is 13.9. The van der Waals surface area contributed by atoms with Gasteiger partial charge in [0.25, 0.3) is 11.8 Å². The third-order valence-corrected chi connectivity index (χ3v) is 11.6. The number of amides is 4. The van der Waals surface area contributed by atoms with E-state index in [4.69, 9.17) is 24.3 Å². The predicted octanol–water partition coefficient (Wildman–Crippen LogP) is 1.04. The number of rotatable bonds is 8. The molecule has 6 N–H and O–H groups in total. The SMILES string of the molecule is C#CC(O)(C(=O)N1CCN(C(=O)C2CCC(CN)CC2)CC1)c1ccccc1C(O)(C#C)C(=O)N1CCN(C(=O)C2CCC(CN)CC2)CC1.Cl.Cl. The van der Waals surface area contributed by atoms with Gasteiger partial charge in [-0.1, -0.05) is 36.1 Å². The zero-order valence-corrected chi connectivity index (χ0v) is 31.4. The van der Waals surface area contributed by atoms with Crippen LogP contribution in [0.5, 0.6) is 0 Å². The van der Waals surface area contributed by atoms with Crippen molar-refractivity contribution < 1.29 is 29.4 Å². The highest BCUT2D eigenvalue weighted by Gasteiger charge is 2.49. The number of nitrogens with zero attached hydrogens (tertiary/aromatic N) is 4. The van der Waals surface area contributed by atoms with Gasteiger partial charge in [0.2, 0.25) is 23.0 Å². The van der Waals surface area contributed by atoms with Gasteiger partial charge in [0, 0.05) is 75.3 Å². The number of hydrogen-bond acceptors (Lipinski definition) is 8. The molecule has 4 fully saturated rings. The van der Waals surface area contributed by atoms with Gasteiger partial charge in [0.05, 0.1) is 0 Å². The number of hydrogen-bond donors (Lipinski definition) is 4. The minimum atomic E-state index is -2.55. The molecule has 0 spiro atoms. The van der Waals surface area contributed by atoms with E-state index in [2.05, 4.69) is 11.8 Å². The van der Waals surface area contributed by atoms with E-state index in [1.54, 1.807) is 9.80 Å². The number of halogens is 2. The molecule has 5 rings (SSSR count). The fourth-order valence-corrected chi connectivity index (χ4v) is 8.15. The zero-order valence-electron chi connectivity index (χ0n) is 29.8. The second-order valence-electron chi connectivity index (χ2n) is 14.4. The molecule has 14 heteroatoms. The summed E-state index contributed by atoms with van der Waals surface area (Å²) in [6, 6.07) is 5.85. The molecule has 0 bridgehead atoms. The van der Waals surface area contributed by atoms with Gasteiger partial charge in [-0.05, 0) is 76.3 Å². The highest BCUT2D eigenvalue weighted by Crippen LogP contribution is 2.36. The van der Waals surface area contributed by atoms with Crippen molar-refractivity contribution >= 4 is 48.4 Å². The van der Waals surface area contributed by atoms with Crippen molar-refractivity contribution in [3.63, 3.8) is 0 Å². The summed E-state index contributed by atoms with van der Waals surface area (Å²) < 4.78 is 0. The number of terminal acetylenes is 2. The molecule has 0 aromatic heterocycles. The molecule has 2 heterocycles. The second kappa shape index (κ2) is 18.6. The molecule has 0 radical (unpaired) electrons. The standard InChI is InChI=1S/C38H52N6O6.2ClH/c1-3-37(49,35(47)43-21-17-41(18-22-43)33(45)29-13-9-27(25-39)10-14-29)31-7-5-6-8-32(31)38(50,4-2)36(48)44-23-19-42(20-24-44)34(46)30-15-11-28(26-40)12-16-30;;/h1-2,5-8,27-30,49-50H,9-26,39-40H2;2*1H. The van der Waals surface area contributed by atoms with Crippen LogP contribution in [-0.2, 0) is 30.4 Å². The van der Waals surface area contributed by atoms with Crippen molar-refractivity contribution in [1.29, 1.82) is 0 Å². The summed E-state index contributed by atoms with van der Waals surface area (Å²) in [5, 5.41) is 23.7. The van der Waals surface area contributed by atoms with E-state index in [0.29, 0.717) is 51.1 Å². The van der Waals surface area contributed by atoms with Crippen molar-refractivity contribution in [3.05, 3.63) is 35.4 Å². The van der Waals surface area contributed by atoms with E-state index in [1.165, 1.54) is 34.1 Å². The van der Waals surface area contributed by atoms with Crippen LogP contribution in [0.1, 0.15) is 62.5 Å². The van der Waals surface area contributed by atoms with Crippen molar-refractivity contribution in [3.8, 4) is 24.7 Å². The van der Waals surface area contributed by atoms with Crippen molar-refractivity contribution in [2.45, 2.75) is 62.6 Å². The van der Waals surface area contributed by atoms with Crippen LogP contribution in [0.25, 0.3) is 0 Å². The Morgan fingerprint density at radius 1 is 0.596 bits per heavy atom. The number of nitrogens with two attached hydrogens (primary N) is 2. The first-order valence-corrected chi connectivity index (χ1v) is 18.1. The van der Waals surface area contributed by atoms with Crippen LogP contribution in [-0.4, -0.2) is 119 Å². The van der Waals surface area contributed by atoms with Crippen LogP contribution in [0.3, 0.4) is 0 Å². The van der Waals surface area contributed by atoms with Gasteiger partial charge < -0.3 is 41.3 Å². The lowest BCUT2D eigenvalue weighted by atomic mass is 9.80. The van der Waals surface area contributed by atoms with E-state index >= 15 is 0 Å². The van der Waals surface area contributed by atoms with Crippen LogP contribution < -0.4 is 11.5 Å². The molecule has 286 valence electrons. The Morgan fingerprint density at radius 2 is 0.885 bits per heavy atom. The molecule has 2 saturated carbocycles. The Labute approximate surface area is 319 Å². The van der Waals surface area contributed by atoms with Gasteiger partial charge in [0.1, 0.15) is 0 Å². The maximum Gasteiger partial charge on any atom is 0.272 e. The van der Waals surface area contributed by atoms with Crippen molar-refractivity contribution in [2.24, 2.45) is 35.1 Å². The van der Waals surface area contributed by atoms with Crippen molar-refractivity contribution in [2.75, 3.05) is 65.4 Å². The summed E-state index contributed by atoms with van der Waals surface area (Å²) in [5.41, 5.74) is 6.17. The van der Waals surface area contributed by atoms with Gasteiger partial charge in [-0.15, -0.1) is 37.7 Å². The van der Waals surface area contributed by atoms with Crippen LogP contribution >= 0.6 is 24.8 Å². The topological polar surface area (TPSA) is 174 Å². The zero-order chi connectivity index (χ0) is 36.1. The third-order valence-electron chi connectivity index (χ3n) is 11.6. The molecule has 2 unspecified atom stereocenters. The number of benzene rings is 1. The first kappa shape index (κ1) is 43.0. The van der Waals surface area contributed by atoms with E-state index in [-0.39, 0.29) is 85.8 Å². The van der Waals surface area contributed by atoms with Gasteiger partial charge in [0.15, 0.2) is 0 Å². The summed E-state index contributed by atoms with van der Waals surface area (Å²) >= 11 is 0. The average molecular weight is 762 g/mol. The minimum absolute atomic E-state index is 0. The second-order valence-corrected chi connectivity index (χ2v) is 14.4. The number of carbonyl (C=O) groups excluding carboxylic acids is 4. The van der Waals surface area contributed by atoms with E-state index in [1.807, 2.05) is 0 Å². The Hall–Kier alpha value is -3.36. The molecule has 12 nitrogen and oxygen atoms in total. The fourth-order valence-electron chi connectivity index (χ4n) is 8.15. The summed E-state index contributed by atoms with van der Waals surface area (Å²) in [4.78, 5) is 60.7. The molecule has 4 amide bonds. The molecule has 2 aliphatic carbocycles. The molecule has 2 atom stereocenters. The molecule has 1 aromatic rings. The first-order valence-electron chi connectivity index (χ1n) is 18.1. The quantitative estimate of drug-likeness (QED) is 0.285. The van der Waals surface area contributed by atoms with Gasteiger partial charge >= 0.3 is 0 Å². The first-order chi connectivity index (χ1) is 24.0. The van der Waals surface area contributed by atoms with Crippen LogP contribution in [0.15, 0.2) is 24.3 Å². The monoisotopic (exact) mass is 760 g/mol. The van der Waals surface area contributed by atoms with Gasteiger partial charge in [-0.25, -0.2) is 0 Å². The van der Waals surface area contributed by atoms with Crippen LogP contribution in [0.2, 0.25) is 0 Å². The maximum absolute atomic E-state index is 13.9. The van der Waals surface area contributed by atoms with E-state index in [9.17, 15) is 29.4 Å². The van der Waals surface area contributed by atoms with E-state index in [0.717, 1.165) is 51.4 Å². The van der Waals surface area contributed by atoms with Crippen molar-refractivity contribution in [1.82, 2.24) is 19.6 Å². The Balaban J connectivity index is 0.00000364. The normalized spacial score (nSPS) is 25.9. The van der Waals surface area contributed by atoms with Crippen LogP contribution in [0.4, 0.5) is 0 Å². The minimum Gasteiger partial charge on any atom is -0.366 e. The largest absolute Gasteiger partial charge is 0.366 e. The molecule has 2 aliphatic heterocycles. The highest BCUT2D eigenvalue weighted by molar-refractivity contribution is 5.94. The summed E-state index contributed by atoms with van der Waals surface area (Å²) in [6.45, 7) is 3.06. The molecular formula is C38H54Cl2N6O6. The molecule has 2 saturated heterocycles. The van der Waals surface area contributed by atoms with E-state index < -0.39 is 23.0 Å². The Bertz CT molecular complexity index is 1390. The third kappa shape index (κ3) is 8.71. The molecule has 4 aliphatic rings. The lowest BCUT2D eigenvalue weighted by Crippen LogP contribution is -2.58. The fraction of sp³-hybridized carbons (Fsp3) is 0.632. The summed E-state index contributed by atoms with van der Waals surface area (Å²) in [7, 11) is 0. The highest BCUT2D eigenvalue weighted by atomic mass is 35.5. The Kier molecular flexibility index (Phi) is 15.4. The molecule has 1 aromatic carbocycles. The smallest absolute Gasteiger partial charge is 0.272 e. The lowest BCUT2D eigenvalue weighted by Gasteiger charge is -2.41. The molecule has 52 heavy (non-hydrogen) atoms. The lowest BCUT2D eigenvalue weighted by molar-refractivity contribution is -0.153. The number of carbonyl (C=O) groups is 4. The summed E-state index contributed by atoms with van der Waals surface area (Å²) in [5.74, 6) is 3.77. The van der Waals surface area contributed by atoms with Crippen LogP contribution in [0, 0.1) is 48.4 Å². The molecular weight excluding hydrogens is 707 g/mol.